The Morgan fingerprint density at radius 2 is 1.95 bits per heavy atom. The number of likely N-dealkylation sites (N-methyl/N-ethyl adjacent to an activating group) is 1. The van der Waals surface area contributed by atoms with Crippen molar-refractivity contribution in [2.45, 2.75) is 26.3 Å². The van der Waals surface area contributed by atoms with Gasteiger partial charge in [0, 0.05) is 12.6 Å². The van der Waals surface area contributed by atoms with Crippen LogP contribution in [0.2, 0.25) is 0 Å². The minimum absolute atomic E-state index is 0.163. The summed E-state index contributed by atoms with van der Waals surface area (Å²) in [6.45, 7) is 4.61. The summed E-state index contributed by atoms with van der Waals surface area (Å²) in [7, 11) is 3.87. The molecular formula is C15H22F2N2O. The Balaban J connectivity index is 2.68. The predicted molar refractivity (Wildman–Crippen MR) is 75.6 cm³/mol. The van der Waals surface area contributed by atoms with Crippen molar-refractivity contribution in [2.24, 2.45) is 5.92 Å². The minimum Gasteiger partial charge on any atom is -0.350 e. The number of amides is 1. The molecule has 1 unspecified atom stereocenters. The maximum Gasteiger partial charge on any atom is 0.254 e. The monoisotopic (exact) mass is 284 g/mol. The molecule has 5 heteroatoms. The molecule has 1 amide bonds. The average Bonchev–Trinajstić information content (AvgIpc) is 2.36. The number of nitrogens with one attached hydrogen (secondary N) is 1. The van der Waals surface area contributed by atoms with Crippen LogP contribution >= 0.6 is 0 Å². The number of nitrogens with zero attached hydrogens (tertiary/aromatic N) is 1. The van der Waals surface area contributed by atoms with Crippen molar-refractivity contribution in [3.63, 3.8) is 0 Å². The zero-order chi connectivity index (χ0) is 15.3. The molecule has 0 aromatic heterocycles. The highest BCUT2D eigenvalue weighted by molar-refractivity contribution is 5.94. The maximum absolute atomic E-state index is 13.5. The first kappa shape index (κ1) is 16.6. The summed E-state index contributed by atoms with van der Waals surface area (Å²) in [6, 6.07) is 3.76. The van der Waals surface area contributed by atoms with Crippen LogP contribution in [0.4, 0.5) is 8.78 Å². The van der Waals surface area contributed by atoms with Crippen molar-refractivity contribution in [1.82, 2.24) is 10.2 Å². The Morgan fingerprint density at radius 3 is 2.50 bits per heavy atom. The number of hydrogen-bond donors (Lipinski definition) is 1. The van der Waals surface area contributed by atoms with Crippen LogP contribution in [-0.4, -0.2) is 37.5 Å². The van der Waals surface area contributed by atoms with Gasteiger partial charge in [-0.2, -0.15) is 0 Å². The molecule has 0 aliphatic rings. The molecule has 0 bridgehead atoms. The maximum atomic E-state index is 13.5. The van der Waals surface area contributed by atoms with E-state index in [-0.39, 0.29) is 11.6 Å². The second kappa shape index (κ2) is 7.33. The molecule has 0 aliphatic heterocycles. The molecule has 0 heterocycles. The van der Waals surface area contributed by atoms with E-state index in [1.165, 1.54) is 12.1 Å². The molecular weight excluding hydrogens is 262 g/mol. The van der Waals surface area contributed by atoms with E-state index in [0.717, 1.165) is 12.5 Å². The summed E-state index contributed by atoms with van der Waals surface area (Å²) >= 11 is 0. The van der Waals surface area contributed by atoms with Crippen LogP contribution in [0.1, 0.15) is 30.6 Å². The van der Waals surface area contributed by atoms with Gasteiger partial charge in [0.1, 0.15) is 0 Å². The van der Waals surface area contributed by atoms with Crippen molar-refractivity contribution in [3.8, 4) is 0 Å². The topological polar surface area (TPSA) is 32.3 Å². The van der Waals surface area contributed by atoms with Crippen LogP contribution < -0.4 is 5.32 Å². The molecule has 1 N–H and O–H groups in total. The normalized spacial score (nSPS) is 12.8. The molecule has 1 aromatic rings. The van der Waals surface area contributed by atoms with Gasteiger partial charge in [-0.25, -0.2) is 8.78 Å². The quantitative estimate of drug-likeness (QED) is 0.871. The molecule has 20 heavy (non-hydrogen) atoms. The number of carbonyl (C=O) groups is 1. The Labute approximate surface area is 119 Å². The summed E-state index contributed by atoms with van der Waals surface area (Å²) in [6.07, 6.45) is 0.916. The van der Waals surface area contributed by atoms with E-state index in [1.54, 1.807) is 0 Å². The Hall–Kier alpha value is -1.49. The summed E-state index contributed by atoms with van der Waals surface area (Å²) in [4.78, 5) is 13.9. The van der Waals surface area contributed by atoms with Crippen LogP contribution in [0.15, 0.2) is 18.2 Å². The first-order chi connectivity index (χ1) is 9.32. The van der Waals surface area contributed by atoms with Crippen LogP contribution in [0.25, 0.3) is 0 Å². The van der Waals surface area contributed by atoms with Gasteiger partial charge >= 0.3 is 0 Å². The third-order valence-electron chi connectivity index (χ3n) is 3.17. The van der Waals surface area contributed by atoms with Gasteiger partial charge in [-0.15, -0.1) is 0 Å². The molecule has 0 aliphatic carbocycles. The van der Waals surface area contributed by atoms with E-state index in [1.807, 2.05) is 19.0 Å². The Kier molecular flexibility index (Phi) is 6.07. The molecule has 0 fully saturated rings. The van der Waals surface area contributed by atoms with Crippen molar-refractivity contribution < 1.29 is 13.6 Å². The highest BCUT2D eigenvalue weighted by atomic mass is 19.2. The van der Waals surface area contributed by atoms with E-state index in [4.69, 9.17) is 0 Å². The number of rotatable bonds is 6. The SMILES string of the molecule is CC(C)CC(CNC(=O)c1cccc(F)c1F)N(C)C. The molecule has 1 aromatic carbocycles. The zero-order valence-electron chi connectivity index (χ0n) is 12.4. The third-order valence-corrected chi connectivity index (χ3v) is 3.17. The molecule has 3 nitrogen and oxygen atoms in total. The Morgan fingerprint density at radius 1 is 1.30 bits per heavy atom. The van der Waals surface area contributed by atoms with E-state index < -0.39 is 17.5 Å². The van der Waals surface area contributed by atoms with Crippen molar-refractivity contribution >= 4 is 5.91 Å². The molecule has 1 rings (SSSR count). The van der Waals surface area contributed by atoms with Crippen LogP contribution in [0.5, 0.6) is 0 Å². The van der Waals surface area contributed by atoms with Gasteiger partial charge in [-0.3, -0.25) is 4.79 Å². The highest BCUT2D eigenvalue weighted by Crippen LogP contribution is 2.12. The zero-order valence-corrected chi connectivity index (χ0v) is 12.4. The molecule has 0 saturated carbocycles. The number of benzene rings is 1. The summed E-state index contributed by atoms with van der Waals surface area (Å²) < 4.78 is 26.6. The fraction of sp³-hybridized carbons (Fsp3) is 0.533. The summed E-state index contributed by atoms with van der Waals surface area (Å²) in [5.74, 6) is -2.21. The van der Waals surface area contributed by atoms with Crippen LogP contribution in [0, 0.1) is 17.6 Å². The largest absolute Gasteiger partial charge is 0.350 e. The number of halogens is 2. The first-order valence-corrected chi connectivity index (χ1v) is 6.71. The lowest BCUT2D eigenvalue weighted by molar-refractivity contribution is 0.0933. The van der Waals surface area contributed by atoms with E-state index in [2.05, 4.69) is 19.2 Å². The van der Waals surface area contributed by atoms with E-state index in [0.29, 0.717) is 12.5 Å². The smallest absolute Gasteiger partial charge is 0.254 e. The Bertz CT molecular complexity index is 461. The lowest BCUT2D eigenvalue weighted by Gasteiger charge is -2.26. The standard InChI is InChI=1S/C15H22F2N2O/c1-10(2)8-11(19(3)4)9-18-15(20)12-6-5-7-13(16)14(12)17/h5-7,10-11H,8-9H2,1-4H3,(H,18,20). The van der Waals surface area contributed by atoms with Crippen molar-refractivity contribution in [2.75, 3.05) is 20.6 Å². The van der Waals surface area contributed by atoms with Gasteiger partial charge in [0.2, 0.25) is 0 Å². The second-order valence-electron chi connectivity index (χ2n) is 5.56. The van der Waals surface area contributed by atoms with Crippen molar-refractivity contribution in [3.05, 3.63) is 35.4 Å². The van der Waals surface area contributed by atoms with Crippen LogP contribution in [0.3, 0.4) is 0 Å². The lowest BCUT2D eigenvalue weighted by atomic mass is 10.0. The molecule has 0 radical (unpaired) electrons. The van der Waals surface area contributed by atoms with Gasteiger partial charge in [0.25, 0.3) is 5.91 Å². The van der Waals surface area contributed by atoms with Crippen molar-refractivity contribution in [1.29, 1.82) is 0 Å². The van der Waals surface area contributed by atoms with Gasteiger partial charge in [0.15, 0.2) is 11.6 Å². The van der Waals surface area contributed by atoms with E-state index >= 15 is 0 Å². The average molecular weight is 284 g/mol. The van der Waals surface area contributed by atoms with Gasteiger partial charge in [0.05, 0.1) is 5.56 Å². The molecule has 112 valence electrons. The van der Waals surface area contributed by atoms with E-state index in [9.17, 15) is 13.6 Å². The predicted octanol–water partition coefficient (Wildman–Crippen LogP) is 2.67. The molecule has 0 spiro atoms. The van der Waals surface area contributed by atoms with Gasteiger partial charge in [-0.05, 0) is 38.6 Å². The van der Waals surface area contributed by atoms with Gasteiger partial charge < -0.3 is 10.2 Å². The number of carbonyl (C=O) groups excluding carboxylic acids is 1. The summed E-state index contributed by atoms with van der Waals surface area (Å²) in [5, 5.41) is 2.67. The fourth-order valence-electron chi connectivity index (χ4n) is 2.01. The fourth-order valence-corrected chi connectivity index (χ4v) is 2.01. The second-order valence-corrected chi connectivity index (χ2v) is 5.56. The minimum atomic E-state index is -1.10. The van der Waals surface area contributed by atoms with Crippen LogP contribution in [-0.2, 0) is 0 Å². The van der Waals surface area contributed by atoms with Gasteiger partial charge in [-0.1, -0.05) is 19.9 Å². The lowest BCUT2D eigenvalue weighted by Crippen LogP contribution is -2.41. The first-order valence-electron chi connectivity index (χ1n) is 6.71. The number of hydrogen-bond acceptors (Lipinski definition) is 2. The molecule has 0 saturated heterocycles. The molecule has 1 atom stereocenters. The summed E-state index contributed by atoms with van der Waals surface area (Å²) in [5.41, 5.74) is -0.257. The highest BCUT2D eigenvalue weighted by Gasteiger charge is 2.18. The third kappa shape index (κ3) is 4.56.